The molecule has 0 spiro atoms. The fourth-order valence-corrected chi connectivity index (χ4v) is 16.3. The van der Waals surface area contributed by atoms with Gasteiger partial charge in [-0.1, -0.05) is 181 Å². The zero-order valence-electron chi connectivity index (χ0n) is 74.7. The maximum absolute atomic E-state index is 15.5. The number of Topliss-reactive ketones (excluding diaryl/α,β-unsaturated/α-hetero) is 1. The number of likely N-dealkylation sites (N-methyl/N-ethyl adjacent to an activating group) is 5. The molecule has 13 N–H and O–H groups in total. The summed E-state index contributed by atoms with van der Waals surface area (Å²) in [6.07, 6.45) is -0.177. The Kier molecular flexibility index (Phi) is 38.8. The molecule has 1 aliphatic heterocycles. The lowest BCUT2D eigenvalue weighted by molar-refractivity contribution is -0.151. The van der Waals surface area contributed by atoms with Crippen LogP contribution in [-0.4, -0.2) is 272 Å². The summed E-state index contributed by atoms with van der Waals surface area (Å²) in [7, 11) is 4.12. The molecule has 8 rings (SSSR count). The fourth-order valence-electron chi connectivity index (χ4n) is 15.2. The normalized spacial score (nSPS) is 22.4. The molecule has 1 aliphatic rings. The number of nitrogens with one attached hydrogen (secondary N) is 9. The van der Waals surface area contributed by atoms with Crippen molar-refractivity contribution in [3.05, 3.63) is 203 Å². The van der Waals surface area contributed by atoms with Crippen molar-refractivity contribution in [3.8, 4) is 11.5 Å². The van der Waals surface area contributed by atoms with Gasteiger partial charge in [0.25, 0.3) is 6.47 Å². The van der Waals surface area contributed by atoms with Crippen LogP contribution in [0.25, 0.3) is 10.9 Å². The Bertz CT molecular complexity index is 5120. The number of nitrogens with zero attached hydrogens (tertiary/aromatic N) is 5. The van der Waals surface area contributed by atoms with E-state index in [4.69, 9.17) is 10.5 Å². The van der Waals surface area contributed by atoms with Crippen molar-refractivity contribution >= 4 is 117 Å². The van der Waals surface area contributed by atoms with Gasteiger partial charge in [0, 0.05) is 115 Å². The molecule has 0 saturated carbocycles. The SMILES string of the molecule is CCCC[C@H]1C(=O)N(C)CC(=O)N[C@@H](COC=O)C(=O)NC(C(C)C)C(=O)N(C)[C@@H](Cc2ccccc2)C(=O)N[C@@H](Cc2ccc(O)cc2)C(=O)N(C)CC(=O)N[C@@H](Cc2c[nH]c3ccccc23)C(=O)N[C@@H](Cc2ccc(O)cc2)C(=O)N[C@@H](CC(C)C)C(=O)N[C@H](C(=O)CCC(N)=O)CS(=O)CC(=O)N[C@@H](Cc2ccccc2)C(=O)N(C)[C@@H](Cc2ccccc2)C(=O)N1C. The van der Waals surface area contributed by atoms with Crippen LogP contribution in [0.5, 0.6) is 11.5 Å². The number of amides is 14. The summed E-state index contributed by atoms with van der Waals surface area (Å²) in [6, 6.07) is 26.8. The van der Waals surface area contributed by atoms with Gasteiger partial charge in [0.2, 0.25) is 82.7 Å². The van der Waals surface area contributed by atoms with E-state index >= 15 is 43.2 Å². The number of primary amides is 1. The molecule has 2 heterocycles. The number of carbonyl (C=O) groups excluding carboxylic acids is 16. The second-order valence-corrected chi connectivity index (χ2v) is 34.9. The zero-order valence-corrected chi connectivity index (χ0v) is 75.6. The van der Waals surface area contributed by atoms with E-state index < -0.39 is 222 Å². The molecule has 7 aromatic rings. The predicted molar refractivity (Wildman–Crippen MR) is 484 cm³/mol. The molecular weight excluding hydrogens is 1690 g/mol. The summed E-state index contributed by atoms with van der Waals surface area (Å²) in [5.74, 6) is -16.8. The lowest BCUT2D eigenvalue weighted by atomic mass is 9.98. The van der Waals surface area contributed by atoms with Gasteiger partial charge in [-0.3, -0.25) is 80.9 Å². The highest BCUT2D eigenvalue weighted by Gasteiger charge is 2.42. The first-order valence-electron chi connectivity index (χ1n) is 43.1. The highest BCUT2D eigenvalue weighted by Crippen LogP contribution is 2.25. The number of aromatic amines is 1. The highest BCUT2D eigenvalue weighted by molar-refractivity contribution is 7.85. The molecular formula is C94H119N15O20S. The van der Waals surface area contributed by atoms with E-state index in [1.165, 1.54) is 83.8 Å². The Morgan fingerprint density at radius 1 is 0.469 bits per heavy atom. The number of hydrogen-bond acceptors (Lipinski definition) is 20. The molecule has 1 saturated heterocycles. The van der Waals surface area contributed by atoms with E-state index in [2.05, 4.69) is 47.5 Å². The van der Waals surface area contributed by atoms with Crippen molar-refractivity contribution in [1.29, 1.82) is 0 Å². The van der Waals surface area contributed by atoms with Gasteiger partial charge in [0.15, 0.2) is 5.78 Å². The summed E-state index contributed by atoms with van der Waals surface area (Å²) in [6.45, 7) is 6.11. The van der Waals surface area contributed by atoms with E-state index in [1.807, 2.05) is 6.92 Å². The van der Waals surface area contributed by atoms with Gasteiger partial charge in [0.1, 0.15) is 84.3 Å². The van der Waals surface area contributed by atoms with Crippen LogP contribution in [0.15, 0.2) is 170 Å². The van der Waals surface area contributed by atoms with Crippen LogP contribution in [-0.2, 0) is 131 Å². The molecule has 14 amide bonds. The molecule has 1 aromatic heterocycles. The minimum atomic E-state index is -2.41. The minimum Gasteiger partial charge on any atom is -0.508 e. The van der Waals surface area contributed by atoms with Crippen molar-refractivity contribution in [3.63, 3.8) is 0 Å². The molecule has 696 valence electrons. The summed E-state index contributed by atoms with van der Waals surface area (Å²) in [5, 5.41) is 42.9. The third-order valence-electron chi connectivity index (χ3n) is 22.4. The number of aromatic nitrogens is 1. The van der Waals surface area contributed by atoms with Gasteiger partial charge in [-0.2, -0.15) is 0 Å². The number of phenolic OH excluding ortho intramolecular Hbond substituents is 2. The van der Waals surface area contributed by atoms with E-state index in [0.717, 1.165) is 24.5 Å². The van der Waals surface area contributed by atoms with Gasteiger partial charge in [-0.05, 0) is 88.4 Å². The number of para-hydroxylation sites is 1. The van der Waals surface area contributed by atoms with E-state index in [1.54, 1.807) is 149 Å². The maximum atomic E-state index is 15.5. The van der Waals surface area contributed by atoms with Crippen molar-refractivity contribution < 1.29 is 95.9 Å². The predicted octanol–water partition coefficient (Wildman–Crippen LogP) is 2.27. The number of fused-ring (bicyclic) bond motifs is 1. The van der Waals surface area contributed by atoms with Gasteiger partial charge >= 0.3 is 0 Å². The first-order chi connectivity index (χ1) is 61.9. The molecule has 0 bridgehead atoms. The summed E-state index contributed by atoms with van der Waals surface area (Å²) >= 11 is 0. The number of ketones is 1. The number of phenols is 2. The highest BCUT2D eigenvalue weighted by atomic mass is 32.2. The topological polar surface area (TPSA) is 494 Å². The zero-order chi connectivity index (χ0) is 95.0. The molecule has 130 heavy (non-hydrogen) atoms. The summed E-state index contributed by atoms with van der Waals surface area (Å²) in [5.41, 5.74) is 9.05. The third-order valence-corrected chi connectivity index (χ3v) is 23.7. The number of nitrogens with two attached hydrogens (primary N) is 1. The molecule has 0 radical (unpaired) electrons. The molecule has 12 atom stereocenters. The van der Waals surface area contributed by atoms with Crippen LogP contribution in [0.3, 0.4) is 0 Å². The van der Waals surface area contributed by atoms with E-state index in [-0.39, 0.29) is 69.3 Å². The van der Waals surface area contributed by atoms with Crippen molar-refractivity contribution in [2.24, 2.45) is 17.6 Å². The smallest absolute Gasteiger partial charge is 0.293 e. The Morgan fingerprint density at radius 2 is 0.915 bits per heavy atom. The Morgan fingerprint density at radius 3 is 1.45 bits per heavy atom. The molecule has 0 aliphatic carbocycles. The van der Waals surface area contributed by atoms with E-state index in [9.17, 15) is 48.0 Å². The number of H-pyrrole nitrogens is 1. The molecule has 1 fully saturated rings. The number of unbranched alkanes of at least 4 members (excludes halogenated alkanes) is 1. The quantitative estimate of drug-likeness (QED) is 0.0365. The van der Waals surface area contributed by atoms with Gasteiger partial charge in [-0.15, -0.1) is 0 Å². The lowest BCUT2D eigenvalue weighted by Crippen LogP contribution is -2.61. The second kappa shape index (κ2) is 49.6. The van der Waals surface area contributed by atoms with Crippen LogP contribution in [0.4, 0.5) is 0 Å². The standard InChI is InChI=1S/C94H119N15O20S/c1-11-12-32-76-92(125)106(7)52-82(116)99-74(53-129-56-110)88(121)104-84(58(4)5)94(127)108(9)77(47-60-26-18-14-19-27-60)89(122)102-72(46-63-35-39-66(112)40-36-63)90(123)105(6)51-81(115)97-71(49-64-50-96-68-31-23-22-30-67(64)68)87(120)101-70(44-62-33-37-65(111)38-34-62)86(119)100-69(43-57(2)3)85(118)103-75(79(113)41-42-80(95)114)54-130(128)55-83(117)98-73(45-59-24-16-13-17-25-59)91(124)109(10)78(93(126)107(76)8)48-61-28-20-15-21-29-61/h13-31,33-40,50,56-58,69-78,84,96,111-112H,11-12,32,41-49,51-55H2,1-10H3,(H2,95,114)(H,97,115)(H,98,117)(H,99,116)(H,100,119)(H,101,120)(H,102,122)(H,103,118)(H,104,121)/t69-,70-,71-,72-,73-,74-,75-,76-,77-,78-,84?,130?/m0/s1. The van der Waals surface area contributed by atoms with Crippen molar-refractivity contribution in [2.75, 3.05) is 66.4 Å². The Hall–Kier alpha value is -13.7. The Balaban J connectivity index is 1.22. The molecule has 2 unspecified atom stereocenters. The largest absolute Gasteiger partial charge is 0.508 e. The van der Waals surface area contributed by atoms with Crippen molar-refractivity contribution in [2.45, 2.75) is 178 Å². The molecule has 36 heteroatoms. The number of ether oxygens (including phenoxy) is 1. The average molecular weight is 1810 g/mol. The van der Waals surface area contributed by atoms with Crippen LogP contribution >= 0.6 is 0 Å². The molecule has 35 nitrogen and oxygen atoms in total. The van der Waals surface area contributed by atoms with Crippen LogP contribution < -0.4 is 48.3 Å². The van der Waals surface area contributed by atoms with Gasteiger partial charge in [-0.25, -0.2) is 0 Å². The maximum Gasteiger partial charge on any atom is 0.293 e. The van der Waals surface area contributed by atoms with Crippen LogP contribution in [0.1, 0.15) is 107 Å². The first kappa shape index (κ1) is 102. The average Bonchev–Trinajstić information content (AvgIpc) is 1.46. The van der Waals surface area contributed by atoms with Gasteiger partial charge in [0.05, 0.1) is 24.9 Å². The lowest BCUT2D eigenvalue weighted by Gasteiger charge is -2.37. The number of benzene rings is 6. The minimum absolute atomic E-state index is 0.0190. The summed E-state index contributed by atoms with van der Waals surface area (Å²) < 4.78 is 19.6. The third kappa shape index (κ3) is 30.5. The first-order valence-corrected chi connectivity index (χ1v) is 44.5. The summed E-state index contributed by atoms with van der Waals surface area (Å²) in [4.78, 5) is 243. The number of aromatic hydroxyl groups is 2. The Labute approximate surface area is 757 Å². The number of rotatable bonds is 25. The number of hydrogen-bond donors (Lipinski definition) is 12. The monoisotopic (exact) mass is 1810 g/mol. The fraction of sp³-hybridized carbons (Fsp3) is 0.426. The second-order valence-electron chi connectivity index (χ2n) is 33.4. The van der Waals surface area contributed by atoms with E-state index in [0.29, 0.717) is 57.1 Å². The van der Waals surface area contributed by atoms with Crippen LogP contribution in [0.2, 0.25) is 0 Å². The molecule has 6 aromatic carbocycles. The van der Waals surface area contributed by atoms with Gasteiger partial charge < -0.3 is 92.7 Å². The van der Waals surface area contributed by atoms with Crippen LogP contribution in [0, 0.1) is 11.8 Å². The number of carbonyl (C=O) groups is 16. The van der Waals surface area contributed by atoms with Crippen molar-refractivity contribution in [1.82, 2.24) is 72.0 Å².